The highest BCUT2D eigenvalue weighted by Gasteiger charge is 2.46. The fourth-order valence-electron chi connectivity index (χ4n) is 6.66. The van der Waals surface area contributed by atoms with E-state index in [1.165, 1.54) is 19.3 Å². The molecule has 3 aliphatic heterocycles. The van der Waals surface area contributed by atoms with Crippen molar-refractivity contribution in [2.24, 2.45) is 0 Å². The Bertz CT molecular complexity index is 1750. The van der Waals surface area contributed by atoms with E-state index in [1.54, 1.807) is 0 Å². The maximum atomic E-state index is 7.22. The first-order valence-electron chi connectivity index (χ1n) is 18.6. The van der Waals surface area contributed by atoms with Crippen LogP contribution in [0.5, 0.6) is 28.7 Å². The highest BCUT2D eigenvalue weighted by molar-refractivity contribution is 6.75. The molecule has 0 radical (unpaired) electrons. The van der Waals surface area contributed by atoms with Crippen molar-refractivity contribution in [3.05, 3.63) is 77.4 Å². The predicted octanol–water partition coefficient (Wildman–Crippen LogP) is 10.9. The molecule has 3 heterocycles. The Morgan fingerprint density at radius 1 is 0.720 bits per heavy atom. The number of ether oxygens (including phenoxy) is 3. The van der Waals surface area contributed by atoms with E-state index in [0.29, 0.717) is 13.2 Å². The summed E-state index contributed by atoms with van der Waals surface area (Å²) in [6, 6.07) is 21.1. The molecule has 0 aromatic heterocycles. The number of likely N-dealkylation sites (tertiary alicyclic amines) is 1. The molecule has 6 rings (SSSR count). The molecule has 0 N–H and O–H groups in total. The van der Waals surface area contributed by atoms with Gasteiger partial charge in [-0.3, -0.25) is 4.90 Å². The molecule has 6 nitrogen and oxygen atoms in total. The van der Waals surface area contributed by atoms with Crippen LogP contribution >= 0.6 is 0 Å². The fourth-order valence-corrected chi connectivity index (χ4v) is 8.71. The maximum absolute atomic E-state index is 7.22. The van der Waals surface area contributed by atoms with Gasteiger partial charge in [0.05, 0.1) is 0 Å². The molecule has 0 saturated carbocycles. The third-order valence-corrected chi connectivity index (χ3v) is 20.6. The normalized spacial score (nSPS) is 19.8. The molecule has 50 heavy (non-hydrogen) atoms. The molecular weight excluding hydrogens is 655 g/mol. The number of fused-ring (bicyclic) bond motifs is 4. The van der Waals surface area contributed by atoms with Crippen LogP contribution in [-0.4, -0.2) is 54.4 Å². The Balaban J connectivity index is 1.40. The van der Waals surface area contributed by atoms with E-state index in [1.807, 2.05) is 0 Å². The lowest BCUT2D eigenvalue weighted by atomic mass is 9.76. The summed E-state index contributed by atoms with van der Waals surface area (Å²) >= 11 is 0. The Labute approximate surface area is 303 Å². The molecule has 8 heteroatoms. The molecule has 0 bridgehead atoms. The predicted molar refractivity (Wildman–Crippen MR) is 211 cm³/mol. The molecule has 0 spiro atoms. The zero-order valence-corrected chi connectivity index (χ0v) is 34.4. The van der Waals surface area contributed by atoms with Gasteiger partial charge in [-0.15, -0.1) is 0 Å². The van der Waals surface area contributed by atoms with Crippen molar-refractivity contribution in [2.75, 3.05) is 32.8 Å². The second kappa shape index (κ2) is 13.4. The highest BCUT2D eigenvalue weighted by Crippen LogP contribution is 2.55. The minimum absolute atomic E-state index is 0.0798. The molecule has 1 unspecified atom stereocenters. The molecule has 1 saturated heterocycles. The standard InChI is InChI=1S/C42H59NO5Si2/c1-40(2,3)49(8,9)47-32-19-21-35-37(27-32)45-29-36-34-20-18-33(48-50(10,11)41(4,5)6)28-38(34)46-42(7,39(35)36)30-16-15-17-31(26-30)44-25-24-43-22-13-12-14-23-43/h15-21,26-28H,12-14,22-25,29H2,1-11H3. The van der Waals surface area contributed by atoms with Crippen molar-refractivity contribution in [1.82, 2.24) is 4.90 Å². The van der Waals surface area contributed by atoms with Crippen molar-refractivity contribution in [2.45, 2.75) is 110 Å². The third-order valence-electron chi connectivity index (χ3n) is 11.8. The number of hydrogen-bond donors (Lipinski definition) is 0. The minimum atomic E-state index is -2.06. The maximum Gasteiger partial charge on any atom is 0.250 e. The monoisotopic (exact) mass is 713 g/mol. The van der Waals surface area contributed by atoms with Crippen LogP contribution in [0.1, 0.15) is 84.4 Å². The quantitative estimate of drug-likeness (QED) is 0.206. The molecule has 0 aliphatic carbocycles. The second-order valence-electron chi connectivity index (χ2n) is 17.6. The van der Waals surface area contributed by atoms with Gasteiger partial charge in [-0.2, -0.15) is 0 Å². The van der Waals surface area contributed by atoms with Crippen LogP contribution in [0, 0.1) is 0 Å². The van der Waals surface area contributed by atoms with Crippen molar-refractivity contribution in [3.8, 4) is 28.7 Å². The molecule has 0 amide bonds. The fraction of sp³-hybridized carbons (Fsp3) is 0.524. The van der Waals surface area contributed by atoms with Gasteiger partial charge in [-0.1, -0.05) is 60.1 Å². The van der Waals surface area contributed by atoms with Gasteiger partial charge in [0.1, 0.15) is 42.0 Å². The average molecular weight is 714 g/mol. The first kappa shape index (κ1) is 36.6. The summed E-state index contributed by atoms with van der Waals surface area (Å²) in [6.45, 7) is 29.3. The molecule has 1 atom stereocenters. The van der Waals surface area contributed by atoms with Gasteiger partial charge in [-0.25, -0.2) is 0 Å². The number of rotatable bonds is 9. The van der Waals surface area contributed by atoms with Gasteiger partial charge in [0.2, 0.25) is 16.6 Å². The van der Waals surface area contributed by atoms with Gasteiger partial charge >= 0.3 is 0 Å². The summed E-state index contributed by atoms with van der Waals surface area (Å²) in [7, 11) is -4.10. The van der Waals surface area contributed by atoms with Crippen LogP contribution < -0.4 is 23.1 Å². The summed E-state index contributed by atoms with van der Waals surface area (Å²) in [6.07, 6.45) is 3.89. The Morgan fingerprint density at radius 2 is 1.32 bits per heavy atom. The van der Waals surface area contributed by atoms with Gasteiger partial charge in [-0.05, 0) is 106 Å². The smallest absolute Gasteiger partial charge is 0.250 e. The summed E-state index contributed by atoms with van der Waals surface area (Å²) in [5, 5.41) is 0.170. The molecular formula is C42H59NO5Si2. The van der Waals surface area contributed by atoms with Crippen LogP contribution in [0.15, 0.2) is 60.7 Å². The largest absolute Gasteiger partial charge is 0.543 e. The Kier molecular flexibility index (Phi) is 9.81. The summed E-state index contributed by atoms with van der Waals surface area (Å²) < 4.78 is 33.7. The lowest BCUT2D eigenvalue weighted by Crippen LogP contribution is -2.44. The number of hydrogen-bond acceptors (Lipinski definition) is 6. The Morgan fingerprint density at radius 3 is 1.94 bits per heavy atom. The van der Waals surface area contributed by atoms with Gasteiger partial charge in [0.15, 0.2) is 5.60 Å². The summed E-state index contributed by atoms with van der Waals surface area (Å²) in [5.74, 6) is 4.20. The summed E-state index contributed by atoms with van der Waals surface area (Å²) in [5.41, 5.74) is 4.55. The van der Waals surface area contributed by atoms with Crippen molar-refractivity contribution in [3.63, 3.8) is 0 Å². The van der Waals surface area contributed by atoms with Crippen molar-refractivity contribution in [1.29, 1.82) is 0 Å². The third kappa shape index (κ3) is 7.26. The van der Waals surface area contributed by atoms with E-state index in [4.69, 9.17) is 23.1 Å². The topological polar surface area (TPSA) is 49.4 Å². The van der Waals surface area contributed by atoms with E-state index in [9.17, 15) is 0 Å². The zero-order chi connectivity index (χ0) is 36.1. The van der Waals surface area contributed by atoms with Crippen LogP contribution in [0.2, 0.25) is 36.3 Å². The van der Waals surface area contributed by atoms with Gasteiger partial charge in [0, 0.05) is 46.5 Å². The van der Waals surface area contributed by atoms with Gasteiger partial charge < -0.3 is 23.1 Å². The van der Waals surface area contributed by atoms with Crippen LogP contribution in [0.25, 0.3) is 11.1 Å². The summed E-state index contributed by atoms with van der Waals surface area (Å²) in [4.78, 5) is 2.51. The average Bonchev–Trinajstić information content (AvgIpc) is 3.03. The Hall–Kier alpha value is -3.21. The van der Waals surface area contributed by atoms with E-state index in [-0.39, 0.29) is 10.1 Å². The molecule has 3 aromatic rings. The van der Waals surface area contributed by atoms with E-state index in [2.05, 4.69) is 140 Å². The van der Waals surface area contributed by atoms with Crippen molar-refractivity contribution >= 4 is 27.8 Å². The molecule has 270 valence electrons. The molecule has 3 aromatic carbocycles. The van der Waals surface area contributed by atoms with Crippen molar-refractivity contribution < 1.29 is 23.1 Å². The number of benzene rings is 3. The van der Waals surface area contributed by atoms with Gasteiger partial charge in [0.25, 0.3) is 0 Å². The van der Waals surface area contributed by atoms with Crippen LogP contribution in [0.3, 0.4) is 0 Å². The lowest BCUT2D eigenvalue weighted by Gasteiger charge is -2.43. The highest BCUT2D eigenvalue weighted by atomic mass is 28.4. The minimum Gasteiger partial charge on any atom is -0.543 e. The number of nitrogens with zero attached hydrogens (tertiary/aromatic N) is 1. The van der Waals surface area contributed by atoms with E-state index < -0.39 is 22.2 Å². The van der Waals surface area contributed by atoms with Crippen LogP contribution in [-0.2, 0) is 5.60 Å². The molecule has 3 aliphatic rings. The molecule has 1 fully saturated rings. The lowest BCUT2D eigenvalue weighted by molar-refractivity contribution is 0.144. The second-order valence-corrected chi connectivity index (χ2v) is 27.0. The zero-order valence-electron chi connectivity index (χ0n) is 32.4. The van der Waals surface area contributed by atoms with Crippen LogP contribution in [0.4, 0.5) is 0 Å². The SMILES string of the molecule is CC1(c2cccc(OCCN3CCCCC3)c2)Oc2cc(O[Si](C)(C)C(C)(C)C)ccc2C2=C1c1ccc(O[Si](C)(C)C(C)(C)C)cc1OC2. The first-order chi connectivity index (χ1) is 23.4. The first-order valence-corrected chi connectivity index (χ1v) is 24.4. The van der Waals surface area contributed by atoms with E-state index >= 15 is 0 Å². The number of piperidine rings is 1. The van der Waals surface area contributed by atoms with E-state index in [0.717, 1.165) is 76.2 Å².